The number of hydrogen-bond donors (Lipinski definition) is 1. The van der Waals surface area contributed by atoms with Gasteiger partial charge < -0.3 is 15.0 Å². The van der Waals surface area contributed by atoms with Crippen LogP contribution in [0.25, 0.3) is 5.78 Å². The summed E-state index contributed by atoms with van der Waals surface area (Å²) in [4.78, 5) is 45.4. The van der Waals surface area contributed by atoms with Crippen molar-refractivity contribution in [1.29, 1.82) is 0 Å². The van der Waals surface area contributed by atoms with Crippen LogP contribution in [0, 0.1) is 13.8 Å². The van der Waals surface area contributed by atoms with E-state index in [1.165, 1.54) is 0 Å². The number of rotatable bonds is 2. The number of amides is 3. The van der Waals surface area contributed by atoms with Gasteiger partial charge in [0, 0.05) is 56.0 Å². The number of aromatic nitrogens is 4. The minimum Gasteiger partial charge on any atom is -0.444 e. The fourth-order valence-corrected chi connectivity index (χ4v) is 5.21. The number of nitrogens with zero attached hydrogens (tertiary/aromatic N) is 7. The van der Waals surface area contributed by atoms with E-state index >= 15 is 0 Å². The smallest absolute Gasteiger partial charge is 0.410 e. The minimum atomic E-state index is -0.543. The Bertz CT molecular complexity index is 1410. The van der Waals surface area contributed by atoms with E-state index in [1.54, 1.807) is 11.1 Å². The molecule has 2 aliphatic rings. The molecule has 0 radical (unpaired) electrons. The van der Waals surface area contributed by atoms with E-state index in [9.17, 15) is 9.59 Å². The first-order valence-electron chi connectivity index (χ1n) is 13.0. The van der Waals surface area contributed by atoms with Crippen LogP contribution in [0.15, 0.2) is 24.7 Å². The van der Waals surface area contributed by atoms with E-state index in [-0.39, 0.29) is 12.1 Å². The summed E-state index contributed by atoms with van der Waals surface area (Å²) in [7, 11) is 0. The van der Waals surface area contributed by atoms with Crippen molar-refractivity contribution in [3.8, 4) is 0 Å². The van der Waals surface area contributed by atoms with Gasteiger partial charge >= 0.3 is 12.1 Å². The summed E-state index contributed by atoms with van der Waals surface area (Å²) in [6.45, 7) is 15.9. The zero-order valence-corrected chi connectivity index (χ0v) is 23.2. The predicted molar refractivity (Wildman–Crippen MR) is 146 cm³/mol. The number of pyridine rings is 1. The van der Waals surface area contributed by atoms with E-state index in [4.69, 9.17) is 4.74 Å². The largest absolute Gasteiger partial charge is 0.444 e. The molecule has 3 aromatic rings. The maximum absolute atomic E-state index is 13.3. The number of aryl methyl sites for hydroxylation is 2. The number of carbonyl (C=O) groups excluding carboxylic acids is 2. The average molecular weight is 521 g/mol. The van der Waals surface area contributed by atoms with Crippen LogP contribution >= 0.6 is 0 Å². The first-order chi connectivity index (χ1) is 17.8. The highest BCUT2D eigenvalue weighted by Gasteiger charge is 2.40. The minimum absolute atomic E-state index is 0.246. The fourth-order valence-electron chi connectivity index (χ4n) is 5.21. The SMILES string of the molecule is Cc1cn2cc(NC(=O)N3CCc4c(N5CCN(C(=O)OC(C)(C)C)C(C)(C)C5)ccnc43)c(C)nc2n1. The summed E-state index contributed by atoms with van der Waals surface area (Å²) >= 11 is 0. The molecule has 0 spiro atoms. The second-order valence-corrected chi connectivity index (χ2v) is 11.7. The van der Waals surface area contributed by atoms with Gasteiger partial charge in [-0.1, -0.05) is 0 Å². The molecule has 38 heavy (non-hydrogen) atoms. The van der Waals surface area contributed by atoms with Crippen molar-refractivity contribution in [2.24, 2.45) is 0 Å². The molecular weight excluding hydrogens is 484 g/mol. The van der Waals surface area contributed by atoms with Crippen LogP contribution in [0.3, 0.4) is 0 Å². The Balaban J connectivity index is 1.34. The van der Waals surface area contributed by atoms with E-state index < -0.39 is 11.1 Å². The van der Waals surface area contributed by atoms with Crippen LogP contribution in [0.5, 0.6) is 0 Å². The van der Waals surface area contributed by atoms with Crippen LogP contribution in [-0.2, 0) is 11.2 Å². The van der Waals surface area contributed by atoms with E-state index in [1.807, 2.05) is 62.4 Å². The van der Waals surface area contributed by atoms with Gasteiger partial charge in [0.15, 0.2) is 0 Å². The van der Waals surface area contributed by atoms with Crippen molar-refractivity contribution in [3.63, 3.8) is 0 Å². The number of piperazine rings is 1. The van der Waals surface area contributed by atoms with Crippen LogP contribution in [0.1, 0.15) is 51.6 Å². The molecule has 0 unspecified atom stereocenters. The summed E-state index contributed by atoms with van der Waals surface area (Å²) in [5, 5.41) is 3.01. The highest BCUT2D eigenvalue weighted by Crippen LogP contribution is 2.36. The van der Waals surface area contributed by atoms with Crippen molar-refractivity contribution < 1.29 is 14.3 Å². The maximum Gasteiger partial charge on any atom is 0.410 e. The Kier molecular flexibility index (Phi) is 6.19. The van der Waals surface area contributed by atoms with Gasteiger partial charge in [0.2, 0.25) is 5.78 Å². The number of anilines is 3. The van der Waals surface area contributed by atoms with Gasteiger partial charge in [-0.2, -0.15) is 0 Å². The lowest BCUT2D eigenvalue weighted by Crippen LogP contribution is -2.62. The summed E-state index contributed by atoms with van der Waals surface area (Å²) in [6.07, 6.45) is 5.87. The fraction of sp³-hybridized carbons (Fsp3) is 0.519. The van der Waals surface area contributed by atoms with Gasteiger partial charge in [-0.05, 0) is 61.0 Å². The van der Waals surface area contributed by atoms with E-state index in [0.717, 1.165) is 16.9 Å². The lowest BCUT2D eigenvalue weighted by Gasteiger charge is -2.48. The third kappa shape index (κ3) is 4.84. The van der Waals surface area contributed by atoms with Crippen molar-refractivity contribution >= 4 is 35.1 Å². The Morgan fingerprint density at radius 1 is 1.08 bits per heavy atom. The maximum atomic E-state index is 13.3. The molecule has 1 fully saturated rings. The molecule has 1 saturated heterocycles. The Morgan fingerprint density at radius 3 is 2.55 bits per heavy atom. The molecule has 2 aliphatic heterocycles. The molecule has 3 aromatic heterocycles. The summed E-state index contributed by atoms with van der Waals surface area (Å²) < 4.78 is 7.46. The summed E-state index contributed by atoms with van der Waals surface area (Å²) in [5.41, 5.74) is 3.31. The number of imidazole rings is 1. The number of fused-ring (bicyclic) bond motifs is 2. The number of nitrogens with one attached hydrogen (secondary N) is 1. The molecule has 0 aliphatic carbocycles. The molecule has 5 rings (SSSR count). The quantitative estimate of drug-likeness (QED) is 0.540. The van der Waals surface area contributed by atoms with Gasteiger partial charge in [0.25, 0.3) is 0 Å². The zero-order valence-electron chi connectivity index (χ0n) is 23.2. The lowest BCUT2D eigenvalue weighted by atomic mass is 9.98. The normalized spacial score (nSPS) is 17.1. The van der Waals surface area contributed by atoms with Crippen molar-refractivity contribution in [3.05, 3.63) is 41.6 Å². The molecule has 3 amide bonds. The zero-order chi connectivity index (χ0) is 27.4. The van der Waals surface area contributed by atoms with Crippen molar-refractivity contribution in [1.82, 2.24) is 24.3 Å². The molecule has 11 heteroatoms. The van der Waals surface area contributed by atoms with E-state index in [0.29, 0.717) is 55.6 Å². The lowest BCUT2D eigenvalue weighted by molar-refractivity contribution is 0.000363. The van der Waals surface area contributed by atoms with Crippen molar-refractivity contribution in [2.75, 3.05) is 41.3 Å². The molecule has 1 N–H and O–H groups in total. The average Bonchev–Trinajstić information content (AvgIpc) is 3.39. The molecule has 5 heterocycles. The number of urea groups is 1. The highest BCUT2D eigenvalue weighted by atomic mass is 16.6. The van der Waals surface area contributed by atoms with E-state index in [2.05, 4.69) is 39.0 Å². The van der Waals surface area contributed by atoms with Gasteiger partial charge in [0.1, 0.15) is 11.4 Å². The standard InChI is InChI=1S/C27H36N8O3/c1-17-14-33-15-20(18(2)30-23(33)29-17)31-24(36)34-11-9-19-21(8-10-28-22(19)34)32-12-13-35(27(6,7)16-32)25(37)38-26(3,4)5/h8,10,14-15H,9,11-13,16H2,1-7H3,(H,31,36). The van der Waals surface area contributed by atoms with Gasteiger partial charge in [-0.15, -0.1) is 0 Å². The second-order valence-electron chi connectivity index (χ2n) is 11.7. The first kappa shape index (κ1) is 25.7. The Morgan fingerprint density at radius 2 is 1.84 bits per heavy atom. The molecule has 11 nitrogen and oxygen atoms in total. The topological polar surface area (TPSA) is 108 Å². The highest BCUT2D eigenvalue weighted by molar-refractivity contribution is 6.03. The molecule has 0 aromatic carbocycles. The number of carbonyl (C=O) groups is 2. The molecular formula is C27H36N8O3. The number of hydrogen-bond acceptors (Lipinski definition) is 7. The van der Waals surface area contributed by atoms with Crippen LogP contribution in [-0.4, -0.2) is 73.7 Å². The molecule has 0 saturated carbocycles. The Labute approximate surface area is 222 Å². The molecule has 0 bridgehead atoms. The molecule has 202 valence electrons. The second kappa shape index (κ2) is 9.14. The Hall–Kier alpha value is -3.89. The van der Waals surface area contributed by atoms with Gasteiger partial charge in [-0.25, -0.2) is 24.5 Å². The van der Waals surface area contributed by atoms with Crippen molar-refractivity contribution in [2.45, 2.75) is 66.0 Å². The third-order valence-electron chi connectivity index (χ3n) is 6.95. The van der Waals surface area contributed by atoms with Gasteiger partial charge in [0.05, 0.1) is 22.6 Å². The van der Waals surface area contributed by atoms with Gasteiger partial charge in [-0.3, -0.25) is 14.2 Å². The molecule has 0 atom stereocenters. The summed E-state index contributed by atoms with van der Waals surface area (Å²) in [5.74, 6) is 1.27. The monoisotopic (exact) mass is 520 g/mol. The number of ether oxygens (including phenoxy) is 1. The summed E-state index contributed by atoms with van der Waals surface area (Å²) in [6, 6.07) is 1.76. The van der Waals surface area contributed by atoms with Crippen LogP contribution in [0.4, 0.5) is 26.8 Å². The predicted octanol–water partition coefficient (Wildman–Crippen LogP) is 4.17. The first-order valence-corrected chi connectivity index (χ1v) is 13.0. The van der Waals surface area contributed by atoms with Crippen LogP contribution < -0.4 is 15.1 Å². The van der Waals surface area contributed by atoms with Crippen LogP contribution in [0.2, 0.25) is 0 Å². The third-order valence-corrected chi connectivity index (χ3v) is 6.95.